The van der Waals surface area contributed by atoms with E-state index in [1.54, 1.807) is 7.11 Å². The number of nitrogens with zero attached hydrogens (tertiary/aromatic N) is 1. The summed E-state index contributed by atoms with van der Waals surface area (Å²) in [7, 11) is 1.62. The van der Waals surface area contributed by atoms with Gasteiger partial charge in [0.1, 0.15) is 0 Å². The van der Waals surface area contributed by atoms with Crippen molar-refractivity contribution in [3.05, 3.63) is 23.8 Å². The van der Waals surface area contributed by atoms with Gasteiger partial charge in [-0.1, -0.05) is 71.1 Å². The Morgan fingerprint density at radius 2 is 1.53 bits per heavy atom. The Labute approximate surface area is 207 Å². The minimum atomic E-state index is -0.125. The Balaban J connectivity index is 1.73. The number of rotatable bonds is 18. The zero-order valence-electron chi connectivity index (χ0n) is 21.6. The van der Waals surface area contributed by atoms with Gasteiger partial charge in [0, 0.05) is 44.5 Å². The highest BCUT2D eigenvalue weighted by atomic mass is 16.5. The van der Waals surface area contributed by atoms with Crippen molar-refractivity contribution in [1.82, 2.24) is 5.32 Å². The molecule has 6 heteroatoms. The normalized spacial score (nSPS) is 13.3. The van der Waals surface area contributed by atoms with E-state index in [-0.39, 0.29) is 11.8 Å². The molecule has 2 amide bonds. The fourth-order valence-electron chi connectivity index (χ4n) is 4.56. The first-order valence-electron chi connectivity index (χ1n) is 13.6. The number of benzene rings is 1. The molecule has 0 radical (unpaired) electrons. The molecule has 34 heavy (non-hydrogen) atoms. The molecule has 192 valence electrons. The van der Waals surface area contributed by atoms with Crippen molar-refractivity contribution in [2.75, 3.05) is 43.6 Å². The number of anilines is 2. The minimum absolute atomic E-state index is 0.0237. The summed E-state index contributed by atoms with van der Waals surface area (Å²) in [4.78, 5) is 27.5. The molecule has 1 heterocycles. The maximum Gasteiger partial charge on any atom is 0.253 e. The monoisotopic (exact) mass is 473 g/mol. The number of amides is 2. The summed E-state index contributed by atoms with van der Waals surface area (Å²) in [5.41, 5.74) is 2.24. The second-order valence-corrected chi connectivity index (χ2v) is 9.51. The topological polar surface area (TPSA) is 70.7 Å². The molecule has 1 saturated heterocycles. The van der Waals surface area contributed by atoms with Crippen molar-refractivity contribution in [1.29, 1.82) is 0 Å². The lowest BCUT2D eigenvalue weighted by atomic mass is 10.1. The van der Waals surface area contributed by atoms with Gasteiger partial charge in [0.15, 0.2) is 0 Å². The summed E-state index contributed by atoms with van der Waals surface area (Å²) in [6.45, 7) is 5.11. The Bertz CT molecular complexity index is 717. The van der Waals surface area contributed by atoms with Crippen LogP contribution in [0.1, 0.15) is 107 Å². The molecule has 1 aromatic rings. The Kier molecular flexibility index (Phi) is 14.4. The molecule has 2 rings (SSSR count). The summed E-state index contributed by atoms with van der Waals surface area (Å²) in [5, 5.41) is 5.91. The van der Waals surface area contributed by atoms with Crippen LogP contribution in [0.25, 0.3) is 0 Å². The van der Waals surface area contributed by atoms with Gasteiger partial charge in [0.05, 0.1) is 12.2 Å². The van der Waals surface area contributed by atoms with E-state index in [1.807, 2.05) is 18.2 Å². The average Bonchev–Trinajstić information content (AvgIpc) is 3.37. The summed E-state index contributed by atoms with van der Waals surface area (Å²) in [5.74, 6) is -0.101. The fourth-order valence-corrected chi connectivity index (χ4v) is 4.56. The molecule has 6 nitrogen and oxygen atoms in total. The van der Waals surface area contributed by atoms with E-state index in [1.165, 1.54) is 57.8 Å². The zero-order valence-corrected chi connectivity index (χ0v) is 21.6. The predicted octanol–water partition coefficient (Wildman–Crippen LogP) is 6.30. The molecule has 0 aliphatic carbocycles. The van der Waals surface area contributed by atoms with Gasteiger partial charge in [-0.15, -0.1) is 0 Å². The lowest BCUT2D eigenvalue weighted by Crippen LogP contribution is -2.30. The van der Waals surface area contributed by atoms with Crippen LogP contribution in [0.2, 0.25) is 0 Å². The Morgan fingerprint density at radius 1 is 0.912 bits per heavy atom. The number of ether oxygens (including phenoxy) is 1. The molecule has 0 unspecified atom stereocenters. The van der Waals surface area contributed by atoms with Gasteiger partial charge >= 0.3 is 0 Å². The Morgan fingerprint density at radius 3 is 2.15 bits per heavy atom. The lowest BCUT2D eigenvalue weighted by Gasteiger charge is -2.22. The third-order valence-corrected chi connectivity index (χ3v) is 6.57. The molecule has 0 spiro atoms. The summed E-state index contributed by atoms with van der Waals surface area (Å²) in [6, 6.07) is 5.70. The van der Waals surface area contributed by atoms with Crippen LogP contribution < -0.4 is 15.5 Å². The molecule has 0 bridgehead atoms. The van der Waals surface area contributed by atoms with Crippen molar-refractivity contribution in [2.24, 2.45) is 0 Å². The first-order chi connectivity index (χ1) is 16.7. The standard InChI is InChI=1S/C28H47N3O3/c1-3-4-5-6-7-8-9-10-11-12-13-16-27(32)30-24-17-18-26(31-20-14-15-21-31)25(23-24)28(33)29-19-22-34-2/h17-18,23H,3-16,19-22H2,1-2H3,(H,29,33)(H,30,32). The summed E-state index contributed by atoms with van der Waals surface area (Å²) in [6.07, 6.45) is 16.8. The van der Waals surface area contributed by atoms with Gasteiger partial charge in [-0.25, -0.2) is 0 Å². The minimum Gasteiger partial charge on any atom is -0.383 e. The fraction of sp³-hybridized carbons (Fsp3) is 0.714. The van der Waals surface area contributed by atoms with Gasteiger partial charge < -0.3 is 20.3 Å². The van der Waals surface area contributed by atoms with Gasteiger partial charge in [-0.3, -0.25) is 9.59 Å². The highest BCUT2D eigenvalue weighted by molar-refractivity contribution is 6.02. The second-order valence-electron chi connectivity index (χ2n) is 9.51. The molecule has 1 aromatic carbocycles. The summed E-state index contributed by atoms with van der Waals surface area (Å²) < 4.78 is 5.04. The molecular formula is C28H47N3O3. The van der Waals surface area contributed by atoms with E-state index < -0.39 is 0 Å². The van der Waals surface area contributed by atoms with Crippen molar-refractivity contribution in [3.8, 4) is 0 Å². The van der Waals surface area contributed by atoms with Crippen LogP contribution >= 0.6 is 0 Å². The number of carbonyl (C=O) groups is 2. The first-order valence-corrected chi connectivity index (χ1v) is 13.6. The largest absolute Gasteiger partial charge is 0.383 e. The third kappa shape index (κ3) is 10.9. The van der Waals surface area contributed by atoms with Crippen molar-refractivity contribution in [2.45, 2.75) is 96.8 Å². The highest BCUT2D eigenvalue weighted by Crippen LogP contribution is 2.27. The van der Waals surface area contributed by atoms with E-state index in [2.05, 4.69) is 22.5 Å². The van der Waals surface area contributed by atoms with Crippen molar-refractivity contribution >= 4 is 23.2 Å². The van der Waals surface area contributed by atoms with E-state index in [4.69, 9.17) is 4.74 Å². The molecular weight excluding hydrogens is 426 g/mol. The Hall–Kier alpha value is -2.08. The van der Waals surface area contributed by atoms with E-state index in [9.17, 15) is 9.59 Å². The molecule has 2 N–H and O–H groups in total. The van der Waals surface area contributed by atoms with Crippen LogP contribution in [0.4, 0.5) is 11.4 Å². The third-order valence-electron chi connectivity index (χ3n) is 6.57. The number of hydrogen-bond acceptors (Lipinski definition) is 4. The number of nitrogens with one attached hydrogen (secondary N) is 2. The van der Waals surface area contributed by atoms with E-state index >= 15 is 0 Å². The second kappa shape index (κ2) is 17.4. The van der Waals surface area contributed by atoms with Crippen LogP contribution in [-0.4, -0.2) is 45.2 Å². The van der Waals surface area contributed by atoms with Gasteiger partial charge in [-0.2, -0.15) is 0 Å². The maximum absolute atomic E-state index is 12.8. The number of carbonyl (C=O) groups excluding carboxylic acids is 2. The average molecular weight is 474 g/mol. The molecule has 1 aliphatic rings. The molecule has 0 aromatic heterocycles. The molecule has 1 fully saturated rings. The van der Waals surface area contributed by atoms with Crippen LogP contribution in [0, 0.1) is 0 Å². The van der Waals surface area contributed by atoms with Gasteiger partial charge in [-0.05, 0) is 37.5 Å². The van der Waals surface area contributed by atoms with Crippen LogP contribution in [0.15, 0.2) is 18.2 Å². The van der Waals surface area contributed by atoms with E-state index in [0.29, 0.717) is 30.8 Å². The maximum atomic E-state index is 12.8. The quantitative estimate of drug-likeness (QED) is 0.245. The molecule has 0 saturated carbocycles. The number of unbranched alkanes of at least 4 members (excludes halogenated alkanes) is 10. The van der Waals surface area contributed by atoms with E-state index in [0.717, 1.165) is 44.5 Å². The molecule has 1 aliphatic heterocycles. The number of hydrogen-bond donors (Lipinski definition) is 2. The van der Waals surface area contributed by atoms with Crippen molar-refractivity contribution in [3.63, 3.8) is 0 Å². The number of methoxy groups -OCH3 is 1. The van der Waals surface area contributed by atoms with Crippen LogP contribution in [0.5, 0.6) is 0 Å². The predicted molar refractivity (Wildman–Crippen MR) is 142 cm³/mol. The van der Waals surface area contributed by atoms with Gasteiger partial charge in [0.25, 0.3) is 5.91 Å². The van der Waals surface area contributed by atoms with Crippen molar-refractivity contribution < 1.29 is 14.3 Å². The summed E-state index contributed by atoms with van der Waals surface area (Å²) >= 11 is 0. The van der Waals surface area contributed by atoms with Gasteiger partial charge in [0.2, 0.25) is 5.91 Å². The zero-order chi connectivity index (χ0) is 24.4. The highest BCUT2D eigenvalue weighted by Gasteiger charge is 2.20. The SMILES string of the molecule is CCCCCCCCCCCCCC(=O)Nc1ccc(N2CCCC2)c(C(=O)NCCOC)c1. The lowest BCUT2D eigenvalue weighted by molar-refractivity contribution is -0.116. The first kappa shape index (κ1) is 28.2. The smallest absolute Gasteiger partial charge is 0.253 e. The molecule has 0 atom stereocenters. The van der Waals surface area contributed by atoms with Crippen LogP contribution in [-0.2, 0) is 9.53 Å². The van der Waals surface area contributed by atoms with Crippen LogP contribution in [0.3, 0.4) is 0 Å².